The van der Waals surface area contributed by atoms with Gasteiger partial charge in [0.15, 0.2) is 0 Å². The second-order valence-electron chi connectivity index (χ2n) is 0.999. The maximum absolute atomic E-state index is 9.12. The predicted octanol–water partition coefficient (Wildman–Crippen LogP) is -1.16. The van der Waals surface area contributed by atoms with Crippen LogP contribution in [0, 0.1) is 0 Å². The summed E-state index contributed by atoms with van der Waals surface area (Å²) in [6, 6.07) is 0. The number of aliphatic carboxylic acids is 1. The van der Waals surface area contributed by atoms with Gasteiger partial charge >= 0.3 is 5.97 Å². The number of carboxylic acid groups (broad SMARTS) is 1. The average molecular weight is 166 g/mol. The highest BCUT2D eigenvalue weighted by Crippen LogP contribution is 1.48. The van der Waals surface area contributed by atoms with Crippen LogP contribution >= 0.6 is 0 Å². The zero-order chi connectivity index (χ0) is 9.70. The molecule has 0 aromatic carbocycles. The monoisotopic (exact) mass is 166 g/mol. The van der Waals surface area contributed by atoms with E-state index in [0.29, 0.717) is 0 Å². The van der Waals surface area contributed by atoms with Gasteiger partial charge in [0.05, 0.1) is 13.2 Å². The van der Waals surface area contributed by atoms with Crippen molar-refractivity contribution in [3.63, 3.8) is 0 Å². The first-order chi connectivity index (χ1) is 5.18. The lowest BCUT2D eigenvalue weighted by Crippen LogP contribution is -1.98. The van der Waals surface area contributed by atoms with Crippen molar-refractivity contribution in [3.8, 4) is 0 Å². The van der Waals surface area contributed by atoms with Gasteiger partial charge in [-0.1, -0.05) is 0 Å². The van der Waals surface area contributed by atoms with Gasteiger partial charge in [0.25, 0.3) is 0 Å². The van der Waals surface area contributed by atoms with Crippen molar-refractivity contribution in [1.82, 2.24) is 0 Å². The normalized spacial score (nSPS) is 6.45. The van der Waals surface area contributed by atoms with Crippen molar-refractivity contribution < 1.29 is 25.2 Å². The largest absolute Gasteiger partial charge is 0.480 e. The van der Waals surface area contributed by atoms with Crippen LogP contribution in [0.1, 0.15) is 0 Å². The SMILES string of the molecule is C=C.O=C(O)CO.OCCO. The highest BCUT2D eigenvalue weighted by atomic mass is 16.4. The van der Waals surface area contributed by atoms with E-state index < -0.39 is 12.6 Å². The van der Waals surface area contributed by atoms with E-state index in [-0.39, 0.29) is 13.2 Å². The van der Waals surface area contributed by atoms with E-state index in [4.69, 9.17) is 25.2 Å². The first kappa shape index (κ1) is 16.6. The maximum Gasteiger partial charge on any atom is 0.329 e. The molecular formula is C6H14O5. The molecule has 68 valence electrons. The van der Waals surface area contributed by atoms with Gasteiger partial charge in [-0.2, -0.15) is 0 Å². The van der Waals surface area contributed by atoms with E-state index in [1.54, 1.807) is 0 Å². The molecule has 0 saturated carbocycles. The summed E-state index contributed by atoms with van der Waals surface area (Å²) >= 11 is 0. The fourth-order valence-corrected chi connectivity index (χ4v) is 0. The summed E-state index contributed by atoms with van der Waals surface area (Å²) in [5, 5.41) is 30.3. The molecule has 0 amide bonds. The number of carboxylic acids is 1. The molecule has 0 aromatic rings. The van der Waals surface area contributed by atoms with Crippen molar-refractivity contribution in [2.45, 2.75) is 0 Å². The van der Waals surface area contributed by atoms with E-state index >= 15 is 0 Å². The van der Waals surface area contributed by atoms with Crippen LogP contribution in [0.3, 0.4) is 0 Å². The molecular weight excluding hydrogens is 152 g/mol. The Bertz CT molecular complexity index is 71.4. The van der Waals surface area contributed by atoms with Crippen molar-refractivity contribution in [3.05, 3.63) is 13.2 Å². The summed E-state index contributed by atoms with van der Waals surface area (Å²) < 4.78 is 0. The number of aliphatic hydroxyl groups excluding tert-OH is 3. The standard InChI is InChI=1S/C2H4O3.C2H6O2.C2H4/c3-1-2(4)5;3-1-2-4;1-2/h3H,1H2,(H,4,5);3-4H,1-2H2;1-2H2. The number of carbonyl (C=O) groups is 1. The Morgan fingerprint density at radius 3 is 1.27 bits per heavy atom. The lowest BCUT2D eigenvalue weighted by Gasteiger charge is -1.72. The van der Waals surface area contributed by atoms with E-state index in [1.165, 1.54) is 0 Å². The molecule has 5 heteroatoms. The molecule has 0 unspecified atom stereocenters. The Morgan fingerprint density at radius 1 is 1.09 bits per heavy atom. The molecule has 0 saturated heterocycles. The fourth-order valence-electron chi connectivity index (χ4n) is 0. The molecule has 0 rings (SSSR count). The van der Waals surface area contributed by atoms with Gasteiger partial charge in [-0.05, 0) is 0 Å². The fraction of sp³-hybridized carbons (Fsp3) is 0.500. The summed E-state index contributed by atoms with van der Waals surface area (Å²) in [6.07, 6.45) is 0. The minimum atomic E-state index is -1.19. The van der Waals surface area contributed by atoms with Crippen molar-refractivity contribution in [1.29, 1.82) is 0 Å². The Kier molecular flexibility index (Phi) is 34.6. The van der Waals surface area contributed by atoms with Crippen LogP contribution in [0.5, 0.6) is 0 Å². The van der Waals surface area contributed by atoms with Gasteiger partial charge < -0.3 is 20.4 Å². The van der Waals surface area contributed by atoms with Gasteiger partial charge in [0.1, 0.15) is 6.61 Å². The van der Waals surface area contributed by atoms with Crippen LogP contribution in [0.15, 0.2) is 13.2 Å². The zero-order valence-corrected chi connectivity index (χ0v) is 6.23. The van der Waals surface area contributed by atoms with Crippen LogP contribution in [0.25, 0.3) is 0 Å². The molecule has 0 atom stereocenters. The van der Waals surface area contributed by atoms with Gasteiger partial charge in [0, 0.05) is 0 Å². The summed E-state index contributed by atoms with van der Waals surface area (Å²) in [6.45, 7) is 4.97. The lowest BCUT2D eigenvalue weighted by atomic mass is 10.8. The number of hydrogen-bond donors (Lipinski definition) is 4. The van der Waals surface area contributed by atoms with Gasteiger partial charge in [-0.15, -0.1) is 13.2 Å². The van der Waals surface area contributed by atoms with E-state index in [2.05, 4.69) is 13.2 Å². The molecule has 0 bridgehead atoms. The highest BCUT2D eigenvalue weighted by molar-refractivity contribution is 5.67. The Hall–Kier alpha value is -0.910. The van der Waals surface area contributed by atoms with Crippen LogP contribution < -0.4 is 0 Å². The molecule has 11 heavy (non-hydrogen) atoms. The molecule has 0 heterocycles. The summed E-state index contributed by atoms with van der Waals surface area (Å²) in [5.74, 6) is -1.19. The summed E-state index contributed by atoms with van der Waals surface area (Å²) in [7, 11) is 0. The smallest absolute Gasteiger partial charge is 0.329 e. The molecule has 0 radical (unpaired) electrons. The van der Waals surface area contributed by atoms with E-state index in [9.17, 15) is 0 Å². The van der Waals surface area contributed by atoms with Crippen LogP contribution in [0.2, 0.25) is 0 Å². The highest BCUT2D eigenvalue weighted by Gasteiger charge is 1.82. The predicted molar refractivity (Wildman–Crippen MR) is 40.1 cm³/mol. The average Bonchev–Trinajstić information content (AvgIpc) is 2.08. The summed E-state index contributed by atoms with van der Waals surface area (Å²) in [5.41, 5.74) is 0. The molecule has 0 aliphatic carbocycles. The van der Waals surface area contributed by atoms with Crippen molar-refractivity contribution >= 4 is 5.97 Å². The van der Waals surface area contributed by atoms with Gasteiger partial charge in [-0.25, -0.2) is 4.79 Å². The maximum atomic E-state index is 9.12. The Balaban J connectivity index is -0.0000000965. The molecule has 0 aliphatic rings. The first-order valence-corrected chi connectivity index (χ1v) is 2.73. The second-order valence-corrected chi connectivity index (χ2v) is 0.999. The first-order valence-electron chi connectivity index (χ1n) is 2.73. The minimum absolute atomic E-state index is 0.125. The third-order valence-electron chi connectivity index (χ3n) is 0.235. The lowest BCUT2D eigenvalue weighted by molar-refractivity contribution is -0.140. The molecule has 0 aliphatic heterocycles. The van der Waals surface area contributed by atoms with Gasteiger partial charge in [0.2, 0.25) is 0 Å². The van der Waals surface area contributed by atoms with Crippen molar-refractivity contribution in [2.75, 3.05) is 19.8 Å². The zero-order valence-electron chi connectivity index (χ0n) is 6.23. The Labute approximate surface area is 65.2 Å². The van der Waals surface area contributed by atoms with Gasteiger partial charge in [-0.3, -0.25) is 0 Å². The summed E-state index contributed by atoms with van der Waals surface area (Å²) in [4.78, 5) is 9.12. The molecule has 0 fully saturated rings. The van der Waals surface area contributed by atoms with Crippen LogP contribution in [-0.4, -0.2) is 46.2 Å². The third kappa shape index (κ3) is 105. The number of rotatable bonds is 2. The third-order valence-corrected chi connectivity index (χ3v) is 0.235. The Morgan fingerprint density at radius 2 is 1.27 bits per heavy atom. The minimum Gasteiger partial charge on any atom is -0.480 e. The van der Waals surface area contributed by atoms with E-state index in [1.807, 2.05) is 0 Å². The molecule has 0 spiro atoms. The second kappa shape index (κ2) is 23.0. The number of hydrogen-bond acceptors (Lipinski definition) is 4. The number of aliphatic hydroxyl groups is 3. The van der Waals surface area contributed by atoms with Crippen molar-refractivity contribution in [2.24, 2.45) is 0 Å². The quantitative estimate of drug-likeness (QED) is 0.388. The van der Waals surface area contributed by atoms with Crippen LogP contribution in [0.4, 0.5) is 0 Å². The molecule has 4 N–H and O–H groups in total. The topological polar surface area (TPSA) is 98.0 Å². The van der Waals surface area contributed by atoms with E-state index in [0.717, 1.165) is 0 Å². The molecule has 0 aromatic heterocycles. The molecule has 5 nitrogen and oxygen atoms in total. The van der Waals surface area contributed by atoms with Crippen LogP contribution in [-0.2, 0) is 4.79 Å².